The number of hydrogen-bond acceptors (Lipinski definition) is 5. The van der Waals surface area contributed by atoms with Crippen LogP contribution >= 0.6 is 11.6 Å². The highest BCUT2D eigenvalue weighted by Gasteiger charge is 2.34. The Bertz CT molecular complexity index is 1200. The number of anilines is 1. The molecule has 1 aliphatic heterocycles. The van der Waals surface area contributed by atoms with Crippen LogP contribution in [-0.4, -0.2) is 24.4 Å². The van der Waals surface area contributed by atoms with Crippen LogP contribution in [0.4, 0.5) is 5.69 Å². The molecule has 0 atom stereocenters. The summed E-state index contributed by atoms with van der Waals surface area (Å²) in [6, 6.07) is 16.7. The lowest BCUT2D eigenvalue weighted by molar-refractivity contribution is -0.117. The first-order valence-corrected chi connectivity index (χ1v) is 9.84. The van der Waals surface area contributed by atoms with Gasteiger partial charge in [-0.05, 0) is 55.5 Å². The molecule has 2 amide bonds. The fraction of sp³-hybridized carbons (Fsp3) is 0.0870. The molecule has 1 aliphatic rings. The third-order valence-electron chi connectivity index (χ3n) is 4.55. The van der Waals surface area contributed by atoms with E-state index in [1.54, 1.807) is 67.6 Å². The smallest absolute Gasteiger partial charge is 0.338 e. The van der Waals surface area contributed by atoms with Gasteiger partial charge in [0.2, 0.25) is 0 Å². The summed E-state index contributed by atoms with van der Waals surface area (Å²) in [6.07, 6.45) is 1.39. The number of furan rings is 1. The van der Waals surface area contributed by atoms with E-state index < -0.39 is 17.8 Å². The second-order valence-corrected chi connectivity index (χ2v) is 7.06. The number of nitrogens with zero attached hydrogens (tertiary/aromatic N) is 1. The number of halogens is 1. The second kappa shape index (κ2) is 8.49. The van der Waals surface area contributed by atoms with Gasteiger partial charge in [-0.2, -0.15) is 0 Å². The zero-order chi connectivity index (χ0) is 22.0. The molecule has 8 heteroatoms. The Morgan fingerprint density at radius 2 is 1.90 bits per heavy atom. The number of ether oxygens (including phenoxy) is 1. The average Bonchev–Trinajstić information content (AvgIpc) is 3.34. The highest BCUT2D eigenvalue weighted by molar-refractivity contribution is 6.33. The largest absolute Gasteiger partial charge is 0.462 e. The van der Waals surface area contributed by atoms with Gasteiger partial charge < -0.3 is 9.15 Å². The molecule has 1 aromatic heterocycles. The lowest BCUT2D eigenvalue weighted by Gasteiger charge is -2.14. The lowest BCUT2D eigenvalue weighted by Crippen LogP contribution is -2.35. The van der Waals surface area contributed by atoms with E-state index in [1.165, 1.54) is 6.08 Å². The van der Waals surface area contributed by atoms with Gasteiger partial charge in [0.05, 0.1) is 17.9 Å². The van der Waals surface area contributed by atoms with E-state index in [2.05, 4.69) is 5.43 Å². The van der Waals surface area contributed by atoms with Gasteiger partial charge in [0, 0.05) is 10.6 Å². The summed E-state index contributed by atoms with van der Waals surface area (Å²) in [7, 11) is 0. The van der Waals surface area contributed by atoms with Crippen molar-refractivity contribution in [1.29, 1.82) is 0 Å². The molecule has 0 saturated carbocycles. The fourth-order valence-electron chi connectivity index (χ4n) is 3.07. The van der Waals surface area contributed by atoms with Crippen molar-refractivity contribution in [1.82, 2.24) is 5.43 Å². The Labute approximate surface area is 182 Å². The molecule has 0 spiro atoms. The summed E-state index contributed by atoms with van der Waals surface area (Å²) >= 11 is 5.97. The van der Waals surface area contributed by atoms with Gasteiger partial charge in [-0.1, -0.05) is 29.8 Å². The average molecular weight is 437 g/mol. The van der Waals surface area contributed by atoms with Crippen LogP contribution in [-0.2, 0) is 14.3 Å². The minimum atomic E-state index is -0.540. The maximum atomic E-state index is 12.7. The fourth-order valence-corrected chi connectivity index (χ4v) is 3.25. The van der Waals surface area contributed by atoms with Crippen molar-refractivity contribution in [2.24, 2.45) is 0 Å². The van der Waals surface area contributed by atoms with Gasteiger partial charge in [-0.15, -0.1) is 0 Å². The molecule has 1 fully saturated rings. The molecule has 0 unspecified atom stereocenters. The molecule has 2 heterocycles. The Kier molecular flexibility index (Phi) is 5.60. The van der Waals surface area contributed by atoms with E-state index in [9.17, 15) is 14.4 Å². The van der Waals surface area contributed by atoms with Crippen molar-refractivity contribution in [3.05, 3.63) is 82.6 Å². The quantitative estimate of drug-likeness (QED) is 0.367. The number of hydrogen-bond donors (Lipinski definition) is 1. The number of esters is 1. The first-order chi connectivity index (χ1) is 15.0. The first-order valence-electron chi connectivity index (χ1n) is 9.46. The first kappa shape index (κ1) is 20.4. The number of carbonyl (C=O) groups is 3. The van der Waals surface area contributed by atoms with Crippen LogP contribution in [0.25, 0.3) is 17.4 Å². The van der Waals surface area contributed by atoms with Crippen LogP contribution in [0.2, 0.25) is 5.02 Å². The summed E-state index contributed by atoms with van der Waals surface area (Å²) in [5, 5.41) is 1.58. The highest BCUT2D eigenvalue weighted by atomic mass is 35.5. The zero-order valence-electron chi connectivity index (χ0n) is 16.4. The molecular formula is C23H17ClN2O5. The minimum absolute atomic E-state index is 0.0569. The monoisotopic (exact) mass is 436 g/mol. The molecule has 7 nitrogen and oxygen atoms in total. The third-order valence-corrected chi connectivity index (χ3v) is 4.79. The summed E-state index contributed by atoms with van der Waals surface area (Å²) in [5.41, 5.74) is 4.09. The molecular weight excluding hydrogens is 420 g/mol. The van der Waals surface area contributed by atoms with Crippen LogP contribution < -0.4 is 10.4 Å². The Morgan fingerprint density at radius 3 is 2.61 bits per heavy atom. The third kappa shape index (κ3) is 4.22. The molecule has 31 heavy (non-hydrogen) atoms. The van der Waals surface area contributed by atoms with Crippen molar-refractivity contribution in [3.63, 3.8) is 0 Å². The van der Waals surface area contributed by atoms with Crippen molar-refractivity contribution in [3.8, 4) is 11.3 Å². The predicted molar refractivity (Wildman–Crippen MR) is 115 cm³/mol. The maximum Gasteiger partial charge on any atom is 0.338 e. The summed E-state index contributed by atoms with van der Waals surface area (Å²) in [6.45, 7) is 2.05. The van der Waals surface area contributed by atoms with Gasteiger partial charge in [0.25, 0.3) is 11.8 Å². The number of rotatable bonds is 5. The van der Waals surface area contributed by atoms with Crippen molar-refractivity contribution < 1.29 is 23.5 Å². The molecule has 1 N–H and O–H groups in total. The highest BCUT2D eigenvalue weighted by Crippen LogP contribution is 2.27. The molecule has 0 aliphatic carbocycles. The summed E-state index contributed by atoms with van der Waals surface area (Å²) < 4.78 is 10.7. The van der Waals surface area contributed by atoms with Crippen LogP contribution in [0.15, 0.2) is 70.7 Å². The molecule has 0 radical (unpaired) electrons. The van der Waals surface area contributed by atoms with Crippen LogP contribution in [0.5, 0.6) is 0 Å². The summed E-state index contributed by atoms with van der Waals surface area (Å²) in [4.78, 5) is 36.8. The second-order valence-electron chi connectivity index (χ2n) is 6.62. The van der Waals surface area contributed by atoms with E-state index in [4.69, 9.17) is 20.8 Å². The van der Waals surface area contributed by atoms with E-state index in [-0.39, 0.29) is 5.57 Å². The molecule has 3 aromatic rings. The van der Waals surface area contributed by atoms with Gasteiger partial charge in [-0.3, -0.25) is 15.0 Å². The van der Waals surface area contributed by atoms with Crippen molar-refractivity contribution in [2.75, 3.05) is 11.6 Å². The molecule has 4 rings (SSSR count). The predicted octanol–water partition coefficient (Wildman–Crippen LogP) is 4.24. The summed E-state index contributed by atoms with van der Waals surface area (Å²) in [5.74, 6) is -0.574. The van der Waals surface area contributed by atoms with Gasteiger partial charge >= 0.3 is 5.97 Å². The van der Waals surface area contributed by atoms with E-state index >= 15 is 0 Å². The number of amides is 2. The van der Waals surface area contributed by atoms with Gasteiger partial charge in [0.1, 0.15) is 17.1 Å². The van der Waals surface area contributed by atoms with Crippen LogP contribution in [0, 0.1) is 0 Å². The number of carbonyl (C=O) groups excluding carboxylic acids is 3. The zero-order valence-corrected chi connectivity index (χ0v) is 17.2. The Hall–Kier alpha value is -3.84. The number of hydrazine groups is 1. The number of nitrogens with one attached hydrogen (secondary N) is 1. The van der Waals surface area contributed by atoms with Gasteiger partial charge in [0.15, 0.2) is 0 Å². The number of benzene rings is 2. The van der Waals surface area contributed by atoms with Crippen LogP contribution in [0.1, 0.15) is 23.0 Å². The lowest BCUT2D eigenvalue weighted by atomic mass is 10.1. The SMILES string of the molecule is CCOC(=O)c1ccc(-c2ccc(/C=C3\C(=O)NN(c4cccc(Cl)c4)C3=O)o2)cc1. The Balaban J connectivity index is 1.55. The van der Waals surface area contributed by atoms with Crippen molar-refractivity contribution >= 4 is 41.1 Å². The molecule has 156 valence electrons. The normalized spacial score (nSPS) is 14.8. The Morgan fingerprint density at radius 1 is 1.13 bits per heavy atom. The standard InChI is InChI=1S/C23H17ClN2O5/c1-2-30-23(29)15-8-6-14(7-9-15)20-11-10-18(31-20)13-19-21(27)25-26(22(19)28)17-5-3-4-16(24)12-17/h3-13H,2H2,1H3,(H,25,27)/b19-13+. The maximum absolute atomic E-state index is 12.7. The molecule has 0 bridgehead atoms. The van der Waals surface area contributed by atoms with Crippen molar-refractivity contribution in [2.45, 2.75) is 6.92 Å². The van der Waals surface area contributed by atoms with E-state index in [0.29, 0.717) is 34.4 Å². The van der Waals surface area contributed by atoms with Gasteiger partial charge in [-0.25, -0.2) is 9.80 Å². The van der Waals surface area contributed by atoms with Crippen LogP contribution in [0.3, 0.4) is 0 Å². The van der Waals surface area contributed by atoms with E-state index in [0.717, 1.165) is 10.6 Å². The topological polar surface area (TPSA) is 88.9 Å². The van der Waals surface area contributed by atoms with E-state index in [1.807, 2.05) is 0 Å². The minimum Gasteiger partial charge on any atom is -0.462 e. The molecule has 1 saturated heterocycles. The molecule has 2 aromatic carbocycles.